The van der Waals surface area contributed by atoms with Crippen LogP contribution in [0.1, 0.15) is 50.9 Å². The maximum atomic E-state index is 12.6. The Hall–Kier alpha value is -1.48. The van der Waals surface area contributed by atoms with Crippen molar-refractivity contribution in [1.29, 1.82) is 0 Å². The van der Waals surface area contributed by atoms with Gasteiger partial charge in [0.1, 0.15) is 0 Å². The standard InChI is InChI=1S/C20H33N3O4S/c1-5-16(3)22-28(25,26)18-9-7-17(8-10-18)19(24)21-15-20(4,6-2)23-11-13-27-14-12-23/h7-10,16,22H,5-6,11-15H2,1-4H3,(H,21,24). The molecule has 28 heavy (non-hydrogen) atoms. The molecule has 2 N–H and O–H groups in total. The van der Waals surface area contributed by atoms with Gasteiger partial charge in [0.05, 0.1) is 18.1 Å². The van der Waals surface area contributed by atoms with Gasteiger partial charge in [-0.25, -0.2) is 13.1 Å². The fraction of sp³-hybridized carbons (Fsp3) is 0.650. The number of sulfonamides is 1. The highest BCUT2D eigenvalue weighted by molar-refractivity contribution is 7.89. The van der Waals surface area contributed by atoms with E-state index in [0.717, 1.165) is 19.5 Å². The van der Waals surface area contributed by atoms with Gasteiger partial charge in [0.2, 0.25) is 10.0 Å². The first-order chi connectivity index (χ1) is 13.2. The van der Waals surface area contributed by atoms with E-state index in [2.05, 4.69) is 28.8 Å². The molecule has 158 valence electrons. The summed E-state index contributed by atoms with van der Waals surface area (Å²) in [7, 11) is -3.57. The van der Waals surface area contributed by atoms with E-state index in [-0.39, 0.29) is 22.4 Å². The molecule has 1 aromatic rings. The maximum Gasteiger partial charge on any atom is 0.251 e. The lowest BCUT2D eigenvalue weighted by Crippen LogP contribution is -2.56. The molecule has 2 atom stereocenters. The highest BCUT2D eigenvalue weighted by Gasteiger charge is 2.31. The van der Waals surface area contributed by atoms with Crippen LogP contribution in [0.4, 0.5) is 0 Å². The molecule has 7 nitrogen and oxygen atoms in total. The number of nitrogens with one attached hydrogen (secondary N) is 2. The third-order valence-electron chi connectivity index (χ3n) is 5.56. The minimum Gasteiger partial charge on any atom is -0.379 e. The first-order valence-electron chi connectivity index (χ1n) is 9.95. The molecule has 2 rings (SSSR count). The third kappa shape index (κ3) is 5.76. The fourth-order valence-corrected chi connectivity index (χ4v) is 4.46. The highest BCUT2D eigenvalue weighted by Crippen LogP contribution is 2.20. The SMILES string of the molecule is CCC(C)NS(=O)(=O)c1ccc(C(=O)NCC(C)(CC)N2CCOCC2)cc1. The fourth-order valence-electron chi connectivity index (χ4n) is 3.14. The smallest absolute Gasteiger partial charge is 0.251 e. The van der Waals surface area contributed by atoms with Crippen LogP contribution in [0.3, 0.4) is 0 Å². The Kier molecular flexibility index (Phi) is 8.00. The Morgan fingerprint density at radius 2 is 1.82 bits per heavy atom. The summed E-state index contributed by atoms with van der Waals surface area (Å²) in [6, 6.07) is 5.91. The van der Waals surface area contributed by atoms with Crippen LogP contribution in [-0.4, -0.2) is 63.7 Å². The van der Waals surface area contributed by atoms with Crippen molar-refractivity contribution in [3.05, 3.63) is 29.8 Å². The van der Waals surface area contributed by atoms with Crippen LogP contribution >= 0.6 is 0 Å². The topological polar surface area (TPSA) is 87.7 Å². The molecule has 1 fully saturated rings. The number of carbonyl (C=O) groups excluding carboxylic acids is 1. The third-order valence-corrected chi connectivity index (χ3v) is 7.17. The van der Waals surface area contributed by atoms with Gasteiger partial charge >= 0.3 is 0 Å². The van der Waals surface area contributed by atoms with Crippen molar-refractivity contribution in [3.8, 4) is 0 Å². The zero-order valence-electron chi connectivity index (χ0n) is 17.3. The zero-order chi connectivity index (χ0) is 20.8. The molecular formula is C20H33N3O4S. The first kappa shape index (κ1) is 22.8. The zero-order valence-corrected chi connectivity index (χ0v) is 18.1. The van der Waals surface area contributed by atoms with Crippen LogP contribution in [0.5, 0.6) is 0 Å². The predicted molar refractivity (Wildman–Crippen MR) is 110 cm³/mol. The second kappa shape index (κ2) is 9.82. The molecule has 0 spiro atoms. The van der Waals surface area contributed by atoms with E-state index in [0.29, 0.717) is 31.7 Å². The molecule has 0 bridgehead atoms. The lowest BCUT2D eigenvalue weighted by molar-refractivity contribution is -0.0169. The van der Waals surface area contributed by atoms with Gasteiger partial charge in [0.15, 0.2) is 0 Å². The van der Waals surface area contributed by atoms with Crippen molar-refractivity contribution in [2.45, 2.75) is 57.0 Å². The normalized spacial score (nSPS) is 19.0. The Morgan fingerprint density at radius 3 is 2.36 bits per heavy atom. The molecule has 1 saturated heterocycles. The molecule has 0 radical (unpaired) electrons. The number of ether oxygens (including phenoxy) is 1. The van der Waals surface area contributed by atoms with E-state index in [9.17, 15) is 13.2 Å². The van der Waals surface area contributed by atoms with Crippen molar-refractivity contribution < 1.29 is 17.9 Å². The quantitative estimate of drug-likeness (QED) is 0.649. The van der Waals surface area contributed by atoms with E-state index in [4.69, 9.17) is 4.74 Å². The number of hydrogen-bond acceptors (Lipinski definition) is 5. The average molecular weight is 412 g/mol. The van der Waals surface area contributed by atoms with Crippen molar-refractivity contribution >= 4 is 15.9 Å². The molecule has 1 heterocycles. The summed E-state index contributed by atoms with van der Waals surface area (Å²) in [5, 5.41) is 3.00. The molecule has 1 amide bonds. The van der Waals surface area contributed by atoms with Crippen molar-refractivity contribution in [3.63, 3.8) is 0 Å². The number of benzene rings is 1. The monoisotopic (exact) mass is 411 g/mol. The molecule has 0 aliphatic carbocycles. The first-order valence-corrected chi connectivity index (χ1v) is 11.4. The molecule has 1 aliphatic rings. The summed E-state index contributed by atoms with van der Waals surface area (Å²) < 4.78 is 32.7. The maximum absolute atomic E-state index is 12.6. The van der Waals surface area contributed by atoms with Gasteiger partial charge in [-0.05, 0) is 51.0 Å². The molecule has 0 saturated carbocycles. The lowest BCUT2D eigenvalue weighted by Gasteiger charge is -2.43. The Labute approximate surface area is 168 Å². The van der Waals surface area contributed by atoms with Crippen LogP contribution in [0, 0.1) is 0 Å². The number of nitrogens with zero attached hydrogens (tertiary/aromatic N) is 1. The minimum absolute atomic E-state index is 0.136. The summed E-state index contributed by atoms with van der Waals surface area (Å²) >= 11 is 0. The summed E-state index contributed by atoms with van der Waals surface area (Å²) in [5.41, 5.74) is 0.311. The summed E-state index contributed by atoms with van der Waals surface area (Å²) in [6.07, 6.45) is 1.62. The van der Waals surface area contributed by atoms with Crippen LogP contribution in [-0.2, 0) is 14.8 Å². The van der Waals surface area contributed by atoms with Crippen LogP contribution < -0.4 is 10.0 Å². The number of hydrogen-bond donors (Lipinski definition) is 2. The van der Waals surface area contributed by atoms with Gasteiger partial charge in [-0.15, -0.1) is 0 Å². The van der Waals surface area contributed by atoms with E-state index in [1.54, 1.807) is 12.1 Å². The Balaban J connectivity index is 2.00. The average Bonchev–Trinajstić information content (AvgIpc) is 2.72. The van der Waals surface area contributed by atoms with E-state index in [1.165, 1.54) is 12.1 Å². The summed E-state index contributed by atoms with van der Waals surface area (Å²) in [5.74, 6) is -0.202. The largest absolute Gasteiger partial charge is 0.379 e. The van der Waals surface area contributed by atoms with Gasteiger partial charge in [0.25, 0.3) is 5.91 Å². The number of rotatable bonds is 9. The molecule has 1 aromatic carbocycles. The van der Waals surface area contributed by atoms with Crippen molar-refractivity contribution in [1.82, 2.24) is 14.9 Å². The second-order valence-corrected chi connectivity index (χ2v) is 9.30. The molecular weight excluding hydrogens is 378 g/mol. The van der Waals surface area contributed by atoms with Gasteiger partial charge in [-0.2, -0.15) is 0 Å². The molecule has 1 aliphatic heterocycles. The van der Waals surface area contributed by atoms with Gasteiger partial charge in [0, 0.05) is 36.8 Å². The van der Waals surface area contributed by atoms with E-state index >= 15 is 0 Å². The number of carbonyl (C=O) groups is 1. The van der Waals surface area contributed by atoms with Crippen LogP contribution in [0.15, 0.2) is 29.2 Å². The minimum atomic E-state index is -3.57. The van der Waals surface area contributed by atoms with E-state index < -0.39 is 10.0 Å². The van der Waals surface area contributed by atoms with Gasteiger partial charge in [-0.3, -0.25) is 9.69 Å². The Morgan fingerprint density at radius 1 is 1.21 bits per heavy atom. The van der Waals surface area contributed by atoms with Gasteiger partial charge in [-0.1, -0.05) is 13.8 Å². The second-order valence-electron chi connectivity index (χ2n) is 7.59. The summed E-state index contributed by atoms with van der Waals surface area (Å²) in [4.78, 5) is 15.1. The van der Waals surface area contributed by atoms with Crippen molar-refractivity contribution in [2.75, 3.05) is 32.8 Å². The lowest BCUT2D eigenvalue weighted by atomic mass is 9.95. The van der Waals surface area contributed by atoms with Crippen molar-refractivity contribution in [2.24, 2.45) is 0 Å². The number of amides is 1. The van der Waals surface area contributed by atoms with Gasteiger partial charge < -0.3 is 10.1 Å². The molecule has 2 unspecified atom stereocenters. The molecule has 0 aromatic heterocycles. The van der Waals surface area contributed by atoms with E-state index in [1.807, 2.05) is 13.8 Å². The number of morpholine rings is 1. The highest BCUT2D eigenvalue weighted by atomic mass is 32.2. The van der Waals surface area contributed by atoms with Crippen LogP contribution in [0.2, 0.25) is 0 Å². The predicted octanol–water partition coefficient (Wildman–Crippen LogP) is 1.99. The summed E-state index contributed by atoms with van der Waals surface area (Å²) in [6.45, 7) is 11.7. The van der Waals surface area contributed by atoms with Crippen LogP contribution in [0.25, 0.3) is 0 Å². The molecule has 8 heteroatoms. The Bertz CT molecular complexity index is 745.